The van der Waals surface area contributed by atoms with E-state index in [0.29, 0.717) is 25.6 Å². The lowest BCUT2D eigenvalue weighted by atomic mass is 10.1. The summed E-state index contributed by atoms with van der Waals surface area (Å²) in [5, 5.41) is 12.3. The number of aromatic nitrogens is 2. The Labute approximate surface area is 154 Å². The number of nitriles is 1. The monoisotopic (exact) mass is 377 g/mol. The Morgan fingerprint density at radius 2 is 1.96 bits per heavy atom. The number of benzene rings is 1. The van der Waals surface area contributed by atoms with Gasteiger partial charge in [-0.2, -0.15) is 18.4 Å². The third kappa shape index (κ3) is 5.15. The van der Waals surface area contributed by atoms with Crippen molar-refractivity contribution in [1.29, 1.82) is 5.26 Å². The molecule has 0 spiro atoms. The number of nitrogens with one attached hydrogen (secondary N) is 1. The Morgan fingerprint density at radius 3 is 2.67 bits per heavy atom. The fourth-order valence-electron chi connectivity index (χ4n) is 2.76. The van der Waals surface area contributed by atoms with Crippen molar-refractivity contribution in [2.45, 2.75) is 6.18 Å². The van der Waals surface area contributed by atoms with E-state index < -0.39 is 11.7 Å². The smallest absolute Gasteiger partial charge is 0.379 e. The highest BCUT2D eigenvalue weighted by atomic mass is 19.4. The Morgan fingerprint density at radius 1 is 1.19 bits per heavy atom. The molecule has 0 atom stereocenters. The summed E-state index contributed by atoms with van der Waals surface area (Å²) in [7, 11) is 0. The second-order valence-corrected chi connectivity index (χ2v) is 6.03. The summed E-state index contributed by atoms with van der Waals surface area (Å²) in [5.41, 5.74) is -0.222. The average molecular weight is 377 g/mol. The zero-order valence-corrected chi connectivity index (χ0v) is 14.5. The summed E-state index contributed by atoms with van der Waals surface area (Å²) >= 11 is 0. The molecule has 2 aromatic rings. The summed E-state index contributed by atoms with van der Waals surface area (Å²) in [6.07, 6.45) is -4.44. The lowest BCUT2D eigenvalue weighted by molar-refractivity contribution is -0.137. The van der Waals surface area contributed by atoms with Gasteiger partial charge in [0, 0.05) is 37.8 Å². The van der Waals surface area contributed by atoms with E-state index in [1.54, 1.807) is 6.07 Å². The van der Waals surface area contributed by atoms with Gasteiger partial charge in [-0.15, -0.1) is 0 Å². The molecule has 0 aliphatic carbocycles. The molecule has 3 rings (SSSR count). The molecule has 0 saturated carbocycles. The van der Waals surface area contributed by atoms with Crippen LogP contribution in [0.2, 0.25) is 0 Å². The van der Waals surface area contributed by atoms with E-state index in [4.69, 9.17) is 10.00 Å². The number of nitrogens with zero attached hydrogens (tertiary/aromatic N) is 4. The van der Waals surface area contributed by atoms with Gasteiger partial charge in [-0.05, 0) is 12.1 Å². The zero-order valence-electron chi connectivity index (χ0n) is 14.5. The van der Waals surface area contributed by atoms with Crippen LogP contribution in [0.3, 0.4) is 0 Å². The maximum absolute atomic E-state index is 12.9. The lowest BCUT2D eigenvalue weighted by Gasteiger charge is -2.26. The molecule has 1 aromatic heterocycles. The molecular formula is C18H18F3N5O. The summed E-state index contributed by atoms with van der Waals surface area (Å²) in [4.78, 5) is 10.4. The summed E-state index contributed by atoms with van der Waals surface area (Å²) in [6, 6.07) is 8.26. The van der Waals surface area contributed by atoms with Gasteiger partial charge in [0.1, 0.15) is 11.9 Å². The summed E-state index contributed by atoms with van der Waals surface area (Å²) in [6.45, 7) is 4.46. The molecule has 142 valence electrons. The normalized spacial score (nSPS) is 15.3. The van der Waals surface area contributed by atoms with Crippen LogP contribution in [-0.4, -0.2) is 54.3 Å². The molecule has 9 heteroatoms. The number of ether oxygens (including phenoxy) is 1. The molecule has 6 nitrogen and oxygen atoms in total. The van der Waals surface area contributed by atoms with Crippen LogP contribution in [0.25, 0.3) is 11.3 Å². The van der Waals surface area contributed by atoms with E-state index in [-0.39, 0.29) is 17.1 Å². The van der Waals surface area contributed by atoms with Crippen molar-refractivity contribution in [3.05, 3.63) is 41.7 Å². The fraction of sp³-hybridized carbons (Fsp3) is 0.389. The SMILES string of the molecule is N#Cc1nc(NCCN2CCOCC2)cc(-c2cccc(C(F)(F)F)c2)n1. The predicted molar refractivity (Wildman–Crippen MR) is 92.9 cm³/mol. The van der Waals surface area contributed by atoms with Gasteiger partial charge < -0.3 is 10.1 Å². The Hall–Kier alpha value is -2.70. The maximum atomic E-state index is 12.9. The molecule has 1 fully saturated rings. The van der Waals surface area contributed by atoms with E-state index in [1.165, 1.54) is 12.1 Å². The standard InChI is InChI=1S/C18H18F3N5O/c19-18(20,21)14-3-1-2-13(10-14)15-11-16(25-17(12-22)24-15)23-4-5-26-6-8-27-9-7-26/h1-3,10-11H,4-9H2,(H,23,24,25). The number of rotatable bonds is 5. The zero-order chi connectivity index (χ0) is 19.3. The molecule has 0 amide bonds. The minimum absolute atomic E-state index is 0.0983. The first kappa shape index (κ1) is 19.1. The predicted octanol–water partition coefficient (Wildman–Crippen LogP) is 2.78. The van der Waals surface area contributed by atoms with Crippen molar-refractivity contribution in [2.24, 2.45) is 0 Å². The van der Waals surface area contributed by atoms with Crippen molar-refractivity contribution in [2.75, 3.05) is 44.7 Å². The van der Waals surface area contributed by atoms with Crippen LogP contribution in [0.5, 0.6) is 0 Å². The molecule has 1 aromatic carbocycles. The lowest BCUT2D eigenvalue weighted by Crippen LogP contribution is -2.39. The number of hydrogen-bond acceptors (Lipinski definition) is 6. The first-order valence-corrected chi connectivity index (χ1v) is 8.46. The molecule has 27 heavy (non-hydrogen) atoms. The Bertz CT molecular complexity index is 828. The first-order chi connectivity index (χ1) is 13.0. The van der Waals surface area contributed by atoms with E-state index in [0.717, 1.165) is 31.8 Å². The number of hydrogen-bond donors (Lipinski definition) is 1. The van der Waals surface area contributed by atoms with Gasteiger partial charge in [0.25, 0.3) is 0 Å². The topological polar surface area (TPSA) is 74.1 Å². The van der Waals surface area contributed by atoms with Gasteiger partial charge in [0.15, 0.2) is 0 Å². The molecule has 1 N–H and O–H groups in total. The molecule has 2 heterocycles. The largest absolute Gasteiger partial charge is 0.416 e. The molecular weight excluding hydrogens is 359 g/mol. The van der Waals surface area contributed by atoms with Crippen molar-refractivity contribution in [1.82, 2.24) is 14.9 Å². The molecule has 0 bridgehead atoms. The highest BCUT2D eigenvalue weighted by molar-refractivity contribution is 5.64. The van der Waals surface area contributed by atoms with Gasteiger partial charge in [-0.25, -0.2) is 9.97 Å². The number of alkyl halides is 3. The van der Waals surface area contributed by atoms with Crippen molar-refractivity contribution in [3.8, 4) is 17.3 Å². The third-order valence-corrected chi connectivity index (χ3v) is 4.15. The van der Waals surface area contributed by atoms with Crippen LogP contribution >= 0.6 is 0 Å². The number of morpholine rings is 1. The van der Waals surface area contributed by atoms with Gasteiger partial charge in [0.2, 0.25) is 5.82 Å². The van der Waals surface area contributed by atoms with Crippen LogP contribution in [0.4, 0.5) is 19.0 Å². The van der Waals surface area contributed by atoms with Crippen LogP contribution in [0, 0.1) is 11.3 Å². The van der Waals surface area contributed by atoms with Crippen molar-refractivity contribution in [3.63, 3.8) is 0 Å². The number of halogens is 3. The highest BCUT2D eigenvalue weighted by Gasteiger charge is 2.30. The second-order valence-electron chi connectivity index (χ2n) is 6.03. The van der Waals surface area contributed by atoms with E-state index in [9.17, 15) is 13.2 Å². The quantitative estimate of drug-likeness (QED) is 0.864. The van der Waals surface area contributed by atoms with E-state index >= 15 is 0 Å². The van der Waals surface area contributed by atoms with E-state index in [2.05, 4.69) is 20.2 Å². The Kier molecular flexibility index (Phi) is 5.88. The maximum Gasteiger partial charge on any atom is 0.416 e. The summed E-state index contributed by atoms with van der Waals surface area (Å²) in [5.74, 6) is 0.306. The minimum Gasteiger partial charge on any atom is -0.379 e. The fourth-order valence-corrected chi connectivity index (χ4v) is 2.76. The van der Waals surface area contributed by atoms with Crippen LogP contribution in [-0.2, 0) is 10.9 Å². The second kappa shape index (κ2) is 8.33. The van der Waals surface area contributed by atoms with Crippen LogP contribution in [0.15, 0.2) is 30.3 Å². The van der Waals surface area contributed by atoms with Gasteiger partial charge in [-0.3, -0.25) is 4.90 Å². The Balaban J connectivity index is 1.76. The van der Waals surface area contributed by atoms with Crippen molar-refractivity contribution < 1.29 is 17.9 Å². The first-order valence-electron chi connectivity index (χ1n) is 8.46. The molecule has 1 aliphatic rings. The molecule has 1 aliphatic heterocycles. The third-order valence-electron chi connectivity index (χ3n) is 4.15. The van der Waals surface area contributed by atoms with Gasteiger partial charge in [-0.1, -0.05) is 12.1 Å². The molecule has 1 saturated heterocycles. The highest BCUT2D eigenvalue weighted by Crippen LogP contribution is 2.32. The molecule has 0 unspecified atom stereocenters. The van der Waals surface area contributed by atoms with Crippen LogP contribution < -0.4 is 5.32 Å². The van der Waals surface area contributed by atoms with Gasteiger partial charge in [0.05, 0.1) is 24.5 Å². The average Bonchev–Trinajstić information content (AvgIpc) is 2.68. The number of anilines is 1. The summed E-state index contributed by atoms with van der Waals surface area (Å²) < 4.78 is 44.1. The minimum atomic E-state index is -4.44. The molecule has 0 radical (unpaired) electrons. The van der Waals surface area contributed by atoms with Gasteiger partial charge >= 0.3 is 6.18 Å². The van der Waals surface area contributed by atoms with Crippen LogP contribution in [0.1, 0.15) is 11.4 Å². The van der Waals surface area contributed by atoms with E-state index in [1.807, 2.05) is 6.07 Å². The van der Waals surface area contributed by atoms with Crippen molar-refractivity contribution >= 4 is 5.82 Å².